The number of fused-ring (bicyclic) bond motifs is 1. The summed E-state index contributed by atoms with van der Waals surface area (Å²) in [6.07, 6.45) is 2.39. The molecule has 0 amide bonds. The van der Waals surface area contributed by atoms with Gasteiger partial charge in [-0.1, -0.05) is 13.0 Å². The first-order chi connectivity index (χ1) is 10.2. The van der Waals surface area contributed by atoms with Gasteiger partial charge in [0.25, 0.3) is 11.1 Å². The Kier molecular flexibility index (Phi) is 3.35. The van der Waals surface area contributed by atoms with E-state index in [2.05, 4.69) is 15.5 Å². The van der Waals surface area contributed by atoms with Crippen LogP contribution in [-0.2, 0) is 0 Å². The third kappa shape index (κ3) is 2.35. The molecule has 6 nitrogen and oxygen atoms in total. The molecule has 0 saturated heterocycles. The quantitative estimate of drug-likeness (QED) is 0.686. The number of aromatic nitrogens is 2. The lowest BCUT2D eigenvalue weighted by atomic mass is 10.1. The van der Waals surface area contributed by atoms with Gasteiger partial charge in [0, 0.05) is 5.69 Å². The summed E-state index contributed by atoms with van der Waals surface area (Å²) in [4.78, 5) is 23.8. The van der Waals surface area contributed by atoms with Gasteiger partial charge in [0.1, 0.15) is 5.76 Å². The first-order valence-electron chi connectivity index (χ1n) is 6.74. The van der Waals surface area contributed by atoms with Crippen molar-refractivity contribution in [1.29, 1.82) is 0 Å². The van der Waals surface area contributed by atoms with E-state index < -0.39 is 0 Å². The third-order valence-electron chi connectivity index (χ3n) is 3.45. The molecule has 3 aromatic rings. The summed E-state index contributed by atoms with van der Waals surface area (Å²) in [5.41, 5.74) is -0.0376. The fourth-order valence-electron chi connectivity index (χ4n) is 2.40. The van der Waals surface area contributed by atoms with Crippen molar-refractivity contribution in [2.75, 3.05) is 5.32 Å². The van der Waals surface area contributed by atoms with Gasteiger partial charge >= 0.3 is 0 Å². The Hall–Kier alpha value is -2.76. The predicted molar refractivity (Wildman–Crippen MR) is 80.6 cm³/mol. The van der Waals surface area contributed by atoms with Crippen molar-refractivity contribution in [1.82, 2.24) is 10.2 Å². The highest BCUT2D eigenvalue weighted by Crippen LogP contribution is 2.25. The Morgan fingerprint density at radius 3 is 2.67 bits per heavy atom. The van der Waals surface area contributed by atoms with Crippen LogP contribution in [-0.4, -0.2) is 10.2 Å². The van der Waals surface area contributed by atoms with E-state index in [0.717, 1.165) is 12.2 Å². The molecule has 0 aliphatic rings. The molecule has 0 bridgehead atoms. The van der Waals surface area contributed by atoms with Crippen LogP contribution < -0.4 is 16.4 Å². The number of furan rings is 1. The predicted octanol–water partition coefficient (Wildman–Crippen LogP) is 2.37. The van der Waals surface area contributed by atoms with Gasteiger partial charge < -0.3 is 9.73 Å². The molecule has 6 heteroatoms. The molecule has 0 radical (unpaired) electrons. The standard InChI is InChI=1S/C15H15N3O3/c1-2-10(12-7-4-8-21-12)16-11-6-3-5-9-13(11)15(20)18-17-14(9)19/h3-8,10,16H,2H2,1H3,(H,17,19)(H,18,20). The summed E-state index contributed by atoms with van der Waals surface area (Å²) in [5.74, 6) is 0.788. The SMILES string of the molecule is CCC(Nc1cccc2c(=O)[nH][nH]c(=O)c12)c1ccco1. The van der Waals surface area contributed by atoms with Gasteiger partial charge in [0.05, 0.1) is 23.1 Å². The van der Waals surface area contributed by atoms with E-state index >= 15 is 0 Å². The summed E-state index contributed by atoms with van der Waals surface area (Å²) < 4.78 is 5.41. The molecule has 0 spiro atoms. The van der Waals surface area contributed by atoms with Crippen LogP contribution in [0.25, 0.3) is 10.8 Å². The summed E-state index contributed by atoms with van der Waals surface area (Å²) in [6, 6.07) is 8.78. The molecule has 0 aliphatic heterocycles. The van der Waals surface area contributed by atoms with Gasteiger partial charge in [-0.25, -0.2) is 0 Å². The summed E-state index contributed by atoms with van der Waals surface area (Å²) in [6.45, 7) is 2.02. The van der Waals surface area contributed by atoms with E-state index in [9.17, 15) is 9.59 Å². The molecule has 3 N–H and O–H groups in total. The molecule has 0 saturated carbocycles. The molecule has 2 aromatic heterocycles. The lowest BCUT2D eigenvalue weighted by Crippen LogP contribution is -2.21. The zero-order valence-electron chi connectivity index (χ0n) is 11.5. The van der Waals surface area contributed by atoms with Crippen molar-refractivity contribution in [3.05, 3.63) is 63.1 Å². The van der Waals surface area contributed by atoms with E-state index in [4.69, 9.17) is 4.42 Å². The van der Waals surface area contributed by atoms with Crippen molar-refractivity contribution in [3.63, 3.8) is 0 Å². The van der Waals surface area contributed by atoms with Crippen LogP contribution in [0.1, 0.15) is 25.1 Å². The number of benzene rings is 1. The molecule has 0 aliphatic carbocycles. The number of hydrogen-bond donors (Lipinski definition) is 3. The van der Waals surface area contributed by atoms with Crippen LogP contribution in [0.3, 0.4) is 0 Å². The Labute approximate surface area is 119 Å². The molecular formula is C15H15N3O3. The van der Waals surface area contributed by atoms with E-state index in [1.54, 1.807) is 24.5 Å². The van der Waals surface area contributed by atoms with Crippen LogP contribution in [0.5, 0.6) is 0 Å². The number of hydrogen-bond acceptors (Lipinski definition) is 4. The van der Waals surface area contributed by atoms with Crippen molar-refractivity contribution >= 4 is 16.5 Å². The maximum absolute atomic E-state index is 12.0. The molecule has 3 rings (SSSR count). The topological polar surface area (TPSA) is 90.9 Å². The number of rotatable bonds is 4. The molecule has 2 heterocycles. The number of aromatic amines is 2. The first-order valence-corrected chi connectivity index (χ1v) is 6.74. The van der Waals surface area contributed by atoms with E-state index in [0.29, 0.717) is 16.5 Å². The minimum atomic E-state index is -0.331. The normalized spacial score (nSPS) is 12.4. The van der Waals surface area contributed by atoms with Crippen molar-refractivity contribution in [3.8, 4) is 0 Å². The zero-order chi connectivity index (χ0) is 14.8. The smallest absolute Gasteiger partial charge is 0.272 e. The van der Waals surface area contributed by atoms with Gasteiger partial charge in [-0.15, -0.1) is 0 Å². The second-order valence-corrected chi connectivity index (χ2v) is 4.76. The average molecular weight is 285 g/mol. The maximum atomic E-state index is 12.0. The minimum Gasteiger partial charge on any atom is -0.467 e. The Morgan fingerprint density at radius 1 is 1.14 bits per heavy atom. The van der Waals surface area contributed by atoms with Crippen molar-refractivity contribution in [2.45, 2.75) is 19.4 Å². The van der Waals surface area contributed by atoms with Crippen molar-refractivity contribution < 1.29 is 4.42 Å². The first kappa shape index (κ1) is 13.2. The lowest BCUT2D eigenvalue weighted by Gasteiger charge is -2.17. The second-order valence-electron chi connectivity index (χ2n) is 4.76. The maximum Gasteiger partial charge on any atom is 0.272 e. The molecule has 1 atom stereocenters. The average Bonchev–Trinajstić information content (AvgIpc) is 3.02. The monoisotopic (exact) mass is 285 g/mol. The van der Waals surface area contributed by atoms with Crippen molar-refractivity contribution in [2.24, 2.45) is 0 Å². The zero-order valence-corrected chi connectivity index (χ0v) is 11.5. The fraction of sp³-hybridized carbons (Fsp3) is 0.200. The molecular weight excluding hydrogens is 270 g/mol. The molecule has 1 unspecified atom stereocenters. The molecule has 21 heavy (non-hydrogen) atoms. The summed E-state index contributed by atoms with van der Waals surface area (Å²) in [5, 5.41) is 8.67. The highest BCUT2D eigenvalue weighted by Gasteiger charge is 2.15. The van der Waals surface area contributed by atoms with E-state index in [1.807, 2.05) is 19.1 Å². The number of anilines is 1. The Morgan fingerprint density at radius 2 is 1.95 bits per heavy atom. The van der Waals surface area contributed by atoms with Crippen LogP contribution in [0.15, 0.2) is 50.6 Å². The molecule has 0 fully saturated rings. The van der Waals surface area contributed by atoms with Crippen LogP contribution in [0, 0.1) is 0 Å². The Bertz CT molecular complexity index is 862. The van der Waals surface area contributed by atoms with Gasteiger partial charge in [0.2, 0.25) is 0 Å². The Balaban J connectivity index is 2.11. The van der Waals surface area contributed by atoms with Crippen LogP contribution in [0.4, 0.5) is 5.69 Å². The van der Waals surface area contributed by atoms with Crippen LogP contribution >= 0.6 is 0 Å². The molecule has 108 valence electrons. The third-order valence-corrected chi connectivity index (χ3v) is 3.45. The van der Waals surface area contributed by atoms with Gasteiger partial charge in [-0.05, 0) is 30.7 Å². The van der Waals surface area contributed by atoms with E-state index in [-0.39, 0.29) is 17.2 Å². The summed E-state index contributed by atoms with van der Waals surface area (Å²) >= 11 is 0. The lowest BCUT2D eigenvalue weighted by molar-refractivity contribution is 0.474. The second kappa shape index (κ2) is 5.32. The minimum absolute atomic E-state index is 0.0655. The fourth-order valence-corrected chi connectivity index (χ4v) is 2.40. The largest absolute Gasteiger partial charge is 0.467 e. The molecule has 1 aromatic carbocycles. The highest BCUT2D eigenvalue weighted by molar-refractivity contribution is 5.92. The highest BCUT2D eigenvalue weighted by atomic mass is 16.3. The van der Waals surface area contributed by atoms with Gasteiger partial charge in [-0.3, -0.25) is 19.8 Å². The number of nitrogens with one attached hydrogen (secondary N) is 3. The van der Waals surface area contributed by atoms with E-state index in [1.165, 1.54) is 0 Å². The van der Waals surface area contributed by atoms with Gasteiger partial charge in [-0.2, -0.15) is 0 Å². The van der Waals surface area contributed by atoms with Crippen LogP contribution in [0.2, 0.25) is 0 Å². The van der Waals surface area contributed by atoms with Gasteiger partial charge in [0.15, 0.2) is 0 Å². The number of H-pyrrole nitrogens is 2. The summed E-state index contributed by atoms with van der Waals surface area (Å²) in [7, 11) is 0.